The Morgan fingerprint density at radius 3 is 2.64 bits per heavy atom. The van der Waals surface area contributed by atoms with Gasteiger partial charge in [-0.05, 0) is 18.8 Å². The fourth-order valence-electron chi connectivity index (χ4n) is 2.13. The highest BCUT2D eigenvalue weighted by Crippen LogP contribution is 2.26. The zero-order valence-electron chi connectivity index (χ0n) is 8.54. The lowest BCUT2D eigenvalue weighted by Gasteiger charge is -2.27. The molecule has 2 N–H and O–H groups in total. The van der Waals surface area contributed by atoms with Crippen LogP contribution in [0.1, 0.15) is 32.1 Å². The topological polar surface area (TPSA) is 49.3 Å². The lowest BCUT2D eigenvalue weighted by atomic mass is 9.84. The molecule has 1 aliphatic rings. The van der Waals surface area contributed by atoms with Crippen LogP contribution in [0.3, 0.4) is 0 Å². The van der Waals surface area contributed by atoms with Crippen molar-refractivity contribution < 1.29 is 9.90 Å². The third kappa shape index (κ3) is 3.14. The van der Waals surface area contributed by atoms with Gasteiger partial charge in [-0.3, -0.25) is 4.79 Å². The molecule has 0 aliphatic heterocycles. The molecule has 3 heteroatoms. The molecular weight excluding hydrogens is 178 g/mol. The predicted octanol–water partition coefficient (Wildman–Crippen LogP) is 1.80. The van der Waals surface area contributed by atoms with Crippen LogP contribution in [0.25, 0.3) is 0 Å². The molecule has 14 heavy (non-hydrogen) atoms. The first kappa shape index (κ1) is 11.2. The number of carboxylic acid groups (broad SMARTS) is 1. The van der Waals surface area contributed by atoms with Gasteiger partial charge in [0.1, 0.15) is 6.04 Å². The molecule has 0 amide bonds. The molecule has 1 fully saturated rings. The Morgan fingerprint density at radius 2 is 2.14 bits per heavy atom. The monoisotopic (exact) mass is 197 g/mol. The highest BCUT2D eigenvalue weighted by Gasteiger charge is 2.28. The SMILES string of the molecule is C=CCN[C@H](C(=O)O)C1CCCCC1. The molecule has 0 aromatic carbocycles. The van der Waals surface area contributed by atoms with Gasteiger partial charge in [0.2, 0.25) is 0 Å². The summed E-state index contributed by atoms with van der Waals surface area (Å²) < 4.78 is 0. The van der Waals surface area contributed by atoms with Crippen LogP contribution in [0.2, 0.25) is 0 Å². The van der Waals surface area contributed by atoms with Crippen LogP contribution < -0.4 is 5.32 Å². The van der Waals surface area contributed by atoms with Crippen LogP contribution in [0, 0.1) is 5.92 Å². The lowest BCUT2D eigenvalue weighted by molar-refractivity contribution is -0.141. The third-order valence-electron chi connectivity index (χ3n) is 2.87. The van der Waals surface area contributed by atoms with Crippen molar-refractivity contribution in [2.24, 2.45) is 5.92 Å². The van der Waals surface area contributed by atoms with Gasteiger partial charge in [0, 0.05) is 6.54 Å². The van der Waals surface area contributed by atoms with E-state index in [0.717, 1.165) is 12.8 Å². The summed E-state index contributed by atoms with van der Waals surface area (Å²) in [5.74, 6) is -0.417. The second kappa shape index (κ2) is 5.81. The number of nitrogens with one attached hydrogen (secondary N) is 1. The van der Waals surface area contributed by atoms with Crippen LogP contribution in [0.15, 0.2) is 12.7 Å². The summed E-state index contributed by atoms with van der Waals surface area (Å²) in [7, 11) is 0. The Labute approximate surface area is 85.2 Å². The number of aliphatic carboxylic acids is 1. The quantitative estimate of drug-likeness (QED) is 0.661. The molecule has 80 valence electrons. The first-order chi connectivity index (χ1) is 6.75. The van der Waals surface area contributed by atoms with Gasteiger partial charge in [-0.2, -0.15) is 0 Å². The molecule has 0 spiro atoms. The van der Waals surface area contributed by atoms with Gasteiger partial charge in [0.25, 0.3) is 0 Å². The van der Waals surface area contributed by atoms with E-state index in [1.165, 1.54) is 19.3 Å². The normalized spacial score (nSPS) is 20.3. The minimum absolute atomic E-state index is 0.307. The zero-order chi connectivity index (χ0) is 10.4. The van der Waals surface area contributed by atoms with Crippen molar-refractivity contribution in [1.29, 1.82) is 0 Å². The fourth-order valence-corrected chi connectivity index (χ4v) is 2.13. The number of hydrogen-bond donors (Lipinski definition) is 2. The second-order valence-electron chi connectivity index (χ2n) is 3.91. The van der Waals surface area contributed by atoms with E-state index in [1.807, 2.05) is 0 Å². The fraction of sp³-hybridized carbons (Fsp3) is 0.727. The van der Waals surface area contributed by atoms with Crippen molar-refractivity contribution in [3.8, 4) is 0 Å². The Hall–Kier alpha value is -0.830. The van der Waals surface area contributed by atoms with Crippen molar-refractivity contribution in [2.75, 3.05) is 6.54 Å². The van der Waals surface area contributed by atoms with Crippen molar-refractivity contribution in [2.45, 2.75) is 38.1 Å². The Kier molecular flexibility index (Phi) is 4.66. The lowest BCUT2D eigenvalue weighted by Crippen LogP contribution is -2.43. The highest BCUT2D eigenvalue weighted by molar-refractivity contribution is 5.73. The van der Waals surface area contributed by atoms with E-state index in [9.17, 15) is 4.79 Å². The first-order valence-corrected chi connectivity index (χ1v) is 5.32. The highest BCUT2D eigenvalue weighted by atomic mass is 16.4. The minimum atomic E-state index is -0.723. The van der Waals surface area contributed by atoms with E-state index in [-0.39, 0.29) is 6.04 Å². The van der Waals surface area contributed by atoms with Crippen LogP contribution >= 0.6 is 0 Å². The van der Waals surface area contributed by atoms with Crippen molar-refractivity contribution >= 4 is 5.97 Å². The molecule has 0 aromatic rings. The Bertz CT molecular complexity index is 197. The molecule has 1 rings (SSSR count). The molecule has 3 nitrogen and oxygen atoms in total. The Balaban J connectivity index is 2.46. The molecule has 0 unspecified atom stereocenters. The second-order valence-corrected chi connectivity index (χ2v) is 3.91. The molecule has 0 aromatic heterocycles. The standard InChI is InChI=1S/C11H19NO2/c1-2-8-12-10(11(13)14)9-6-4-3-5-7-9/h2,9-10,12H,1,3-8H2,(H,13,14)/t10-/m0/s1. The first-order valence-electron chi connectivity index (χ1n) is 5.32. The van der Waals surface area contributed by atoms with Crippen molar-refractivity contribution in [3.05, 3.63) is 12.7 Å². The maximum absolute atomic E-state index is 11.0. The largest absolute Gasteiger partial charge is 0.480 e. The summed E-state index contributed by atoms with van der Waals surface area (Å²) in [6, 6.07) is -0.381. The Morgan fingerprint density at radius 1 is 1.50 bits per heavy atom. The van der Waals surface area contributed by atoms with E-state index in [2.05, 4.69) is 11.9 Å². The zero-order valence-corrected chi connectivity index (χ0v) is 8.54. The summed E-state index contributed by atoms with van der Waals surface area (Å²) in [6.45, 7) is 4.16. The molecule has 0 saturated heterocycles. The van der Waals surface area contributed by atoms with Gasteiger partial charge in [-0.1, -0.05) is 25.3 Å². The smallest absolute Gasteiger partial charge is 0.320 e. The third-order valence-corrected chi connectivity index (χ3v) is 2.87. The van der Waals surface area contributed by atoms with Gasteiger partial charge in [0.05, 0.1) is 0 Å². The summed E-state index contributed by atoms with van der Waals surface area (Å²) >= 11 is 0. The number of rotatable bonds is 5. The molecule has 1 atom stereocenters. The molecule has 0 heterocycles. The summed E-state index contributed by atoms with van der Waals surface area (Å²) in [5.41, 5.74) is 0. The molecular formula is C11H19NO2. The summed E-state index contributed by atoms with van der Waals surface area (Å²) in [6.07, 6.45) is 7.39. The summed E-state index contributed by atoms with van der Waals surface area (Å²) in [5, 5.41) is 12.1. The summed E-state index contributed by atoms with van der Waals surface area (Å²) in [4.78, 5) is 11.0. The number of carboxylic acids is 1. The predicted molar refractivity (Wildman–Crippen MR) is 56.2 cm³/mol. The van der Waals surface area contributed by atoms with Crippen molar-refractivity contribution in [1.82, 2.24) is 5.32 Å². The van der Waals surface area contributed by atoms with Crippen LogP contribution in [0.5, 0.6) is 0 Å². The number of hydrogen-bond acceptors (Lipinski definition) is 2. The average molecular weight is 197 g/mol. The molecule has 1 aliphatic carbocycles. The van der Waals surface area contributed by atoms with Gasteiger partial charge in [-0.15, -0.1) is 6.58 Å². The van der Waals surface area contributed by atoms with Gasteiger partial charge < -0.3 is 10.4 Å². The number of carbonyl (C=O) groups is 1. The maximum Gasteiger partial charge on any atom is 0.320 e. The maximum atomic E-state index is 11.0. The van der Waals surface area contributed by atoms with Crippen LogP contribution in [-0.4, -0.2) is 23.7 Å². The van der Waals surface area contributed by atoms with Gasteiger partial charge in [0.15, 0.2) is 0 Å². The minimum Gasteiger partial charge on any atom is -0.480 e. The average Bonchev–Trinajstić information content (AvgIpc) is 2.19. The van der Waals surface area contributed by atoms with E-state index in [4.69, 9.17) is 5.11 Å². The molecule has 0 bridgehead atoms. The van der Waals surface area contributed by atoms with E-state index < -0.39 is 5.97 Å². The van der Waals surface area contributed by atoms with Gasteiger partial charge >= 0.3 is 5.97 Å². The van der Waals surface area contributed by atoms with E-state index in [0.29, 0.717) is 12.5 Å². The van der Waals surface area contributed by atoms with Crippen LogP contribution in [0.4, 0.5) is 0 Å². The molecule has 0 radical (unpaired) electrons. The van der Waals surface area contributed by atoms with Crippen LogP contribution in [-0.2, 0) is 4.79 Å². The van der Waals surface area contributed by atoms with Gasteiger partial charge in [-0.25, -0.2) is 0 Å². The van der Waals surface area contributed by atoms with E-state index in [1.54, 1.807) is 6.08 Å². The van der Waals surface area contributed by atoms with E-state index >= 15 is 0 Å². The molecule has 1 saturated carbocycles. The van der Waals surface area contributed by atoms with Crippen molar-refractivity contribution in [3.63, 3.8) is 0 Å².